The van der Waals surface area contributed by atoms with E-state index in [4.69, 9.17) is 11.6 Å². The fourth-order valence-electron chi connectivity index (χ4n) is 4.09. The van der Waals surface area contributed by atoms with Gasteiger partial charge in [0.15, 0.2) is 0 Å². The number of halogens is 1. The van der Waals surface area contributed by atoms with Crippen molar-refractivity contribution >= 4 is 45.7 Å². The molecule has 34 heavy (non-hydrogen) atoms. The molecule has 1 saturated heterocycles. The first-order valence-corrected chi connectivity index (χ1v) is 11.2. The van der Waals surface area contributed by atoms with Crippen LogP contribution in [-0.4, -0.2) is 36.0 Å². The molecule has 0 aliphatic carbocycles. The Morgan fingerprint density at radius 1 is 0.794 bits per heavy atom. The van der Waals surface area contributed by atoms with Crippen LogP contribution in [0.1, 0.15) is 11.1 Å². The van der Waals surface area contributed by atoms with Gasteiger partial charge in [-0.15, -0.1) is 0 Å². The van der Waals surface area contributed by atoms with Gasteiger partial charge in [0.05, 0.1) is 26.6 Å². The lowest BCUT2D eigenvalue weighted by Gasteiger charge is -2.37. The van der Waals surface area contributed by atoms with E-state index < -0.39 is 9.85 Å². The molecule has 176 valence electrons. The van der Waals surface area contributed by atoms with E-state index in [9.17, 15) is 20.2 Å². The van der Waals surface area contributed by atoms with Gasteiger partial charge in [-0.25, -0.2) is 0 Å². The third-order valence-electron chi connectivity index (χ3n) is 6.09. The summed E-state index contributed by atoms with van der Waals surface area (Å²) in [7, 11) is 0. The van der Waals surface area contributed by atoms with E-state index in [0.717, 1.165) is 22.9 Å². The van der Waals surface area contributed by atoms with Gasteiger partial charge in [-0.3, -0.25) is 20.2 Å². The van der Waals surface area contributed by atoms with Gasteiger partial charge in [0, 0.05) is 31.9 Å². The monoisotopic (exact) mass is 481 g/mol. The van der Waals surface area contributed by atoms with Crippen LogP contribution >= 0.6 is 11.6 Å². The molecule has 1 fully saturated rings. The van der Waals surface area contributed by atoms with Crippen molar-refractivity contribution in [3.63, 3.8) is 0 Å². The Bertz CT molecular complexity index is 1260. The fraction of sp³-hybridized carbons (Fsp3) is 0.250. The van der Waals surface area contributed by atoms with Crippen LogP contribution in [0.2, 0.25) is 5.02 Å². The summed E-state index contributed by atoms with van der Waals surface area (Å²) >= 11 is 6.33. The summed E-state index contributed by atoms with van der Waals surface area (Å²) < 4.78 is 0. The van der Waals surface area contributed by atoms with Gasteiger partial charge < -0.3 is 15.1 Å². The van der Waals surface area contributed by atoms with Crippen LogP contribution in [0.4, 0.5) is 34.1 Å². The highest BCUT2D eigenvalue weighted by Gasteiger charge is 2.30. The molecule has 10 heteroatoms. The van der Waals surface area contributed by atoms with Crippen molar-refractivity contribution in [2.45, 2.75) is 13.8 Å². The van der Waals surface area contributed by atoms with E-state index in [1.54, 1.807) is 0 Å². The number of para-hydroxylation sites is 1. The number of benzene rings is 3. The van der Waals surface area contributed by atoms with E-state index in [1.165, 1.54) is 6.07 Å². The highest BCUT2D eigenvalue weighted by atomic mass is 35.5. The zero-order chi connectivity index (χ0) is 24.4. The van der Waals surface area contributed by atoms with Crippen LogP contribution in [0.3, 0.4) is 0 Å². The lowest BCUT2D eigenvalue weighted by Crippen LogP contribution is -2.46. The second-order valence-corrected chi connectivity index (χ2v) is 8.63. The number of piperazine rings is 1. The molecular weight excluding hydrogens is 458 g/mol. The number of nitro groups is 2. The first-order chi connectivity index (χ1) is 16.2. The number of rotatable bonds is 6. The van der Waals surface area contributed by atoms with Crippen LogP contribution in [0.25, 0.3) is 0 Å². The first kappa shape index (κ1) is 23.3. The summed E-state index contributed by atoms with van der Waals surface area (Å²) in [6.07, 6.45) is 0. The van der Waals surface area contributed by atoms with Gasteiger partial charge in [-0.2, -0.15) is 0 Å². The van der Waals surface area contributed by atoms with Crippen molar-refractivity contribution in [2.24, 2.45) is 0 Å². The number of hydrogen-bond acceptors (Lipinski definition) is 7. The van der Waals surface area contributed by atoms with Gasteiger partial charge in [0.25, 0.3) is 11.4 Å². The third-order valence-corrected chi connectivity index (χ3v) is 6.41. The number of aryl methyl sites for hydroxylation is 2. The lowest BCUT2D eigenvalue weighted by atomic mass is 10.1. The van der Waals surface area contributed by atoms with E-state index >= 15 is 0 Å². The molecule has 0 bridgehead atoms. The summed E-state index contributed by atoms with van der Waals surface area (Å²) in [6, 6.07) is 15.7. The van der Waals surface area contributed by atoms with Crippen molar-refractivity contribution in [3.8, 4) is 0 Å². The molecule has 0 saturated carbocycles. The molecule has 1 aliphatic heterocycles. The molecule has 3 aromatic rings. The number of nitrogens with zero attached hydrogens (tertiary/aromatic N) is 4. The number of hydrogen-bond donors (Lipinski definition) is 1. The van der Waals surface area contributed by atoms with E-state index in [2.05, 4.69) is 10.2 Å². The summed E-state index contributed by atoms with van der Waals surface area (Å²) in [6.45, 7) is 6.16. The Kier molecular flexibility index (Phi) is 6.56. The number of nitrogens with one attached hydrogen (secondary N) is 1. The molecule has 0 amide bonds. The third kappa shape index (κ3) is 4.74. The predicted octanol–water partition coefficient (Wildman–Crippen LogP) is 5.84. The van der Waals surface area contributed by atoms with Gasteiger partial charge >= 0.3 is 0 Å². The first-order valence-electron chi connectivity index (χ1n) is 10.8. The number of anilines is 4. The summed E-state index contributed by atoms with van der Waals surface area (Å²) in [4.78, 5) is 26.4. The maximum atomic E-state index is 11.8. The molecule has 0 spiro atoms. The van der Waals surface area contributed by atoms with Crippen molar-refractivity contribution < 1.29 is 9.85 Å². The average Bonchev–Trinajstić information content (AvgIpc) is 2.81. The molecule has 3 aromatic carbocycles. The zero-order valence-electron chi connectivity index (χ0n) is 18.8. The van der Waals surface area contributed by atoms with Crippen molar-refractivity contribution in [1.82, 2.24) is 0 Å². The maximum Gasteiger partial charge on any atom is 0.299 e. The second kappa shape index (κ2) is 9.56. The molecular formula is C24H24ClN5O4. The second-order valence-electron chi connectivity index (χ2n) is 8.22. The topological polar surface area (TPSA) is 105 Å². The predicted molar refractivity (Wildman–Crippen MR) is 135 cm³/mol. The summed E-state index contributed by atoms with van der Waals surface area (Å²) in [5, 5.41) is 27.3. The molecule has 0 aromatic heterocycles. The van der Waals surface area contributed by atoms with Crippen LogP contribution < -0.4 is 15.1 Å². The van der Waals surface area contributed by atoms with Crippen molar-refractivity contribution in [3.05, 3.63) is 91.0 Å². The van der Waals surface area contributed by atoms with Gasteiger partial charge in [-0.05, 0) is 55.3 Å². The SMILES string of the molecule is Cc1ccc(Nc2cc(N3CCN(c4ccccc4Cl)CC3)c([N+](=O)[O-])cc2[N+](=O)[O-])cc1C. The molecule has 0 unspecified atom stereocenters. The molecule has 1 heterocycles. The Morgan fingerprint density at radius 2 is 1.41 bits per heavy atom. The quantitative estimate of drug-likeness (QED) is 0.348. The fourth-order valence-corrected chi connectivity index (χ4v) is 4.34. The normalized spacial score (nSPS) is 13.6. The largest absolute Gasteiger partial charge is 0.367 e. The molecule has 1 N–H and O–H groups in total. The molecule has 9 nitrogen and oxygen atoms in total. The van der Waals surface area contributed by atoms with E-state index in [0.29, 0.717) is 42.6 Å². The van der Waals surface area contributed by atoms with Crippen molar-refractivity contribution in [1.29, 1.82) is 0 Å². The van der Waals surface area contributed by atoms with Crippen LogP contribution in [0.15, 0.2) is 54.6 Å². The average molecular weight is 482 g/mol. The Hall–Kier alpha value is -3.85. The Labute approximate surface area is 201 Å². The molecule has 0 atom stereocenters. The minimum Gasteiger partial charge on any atom is -0.367 e. The maximum absolute atomic E-state index is 11.8. The minimum absolute atomic E-state index is 0.211. The highest BCUT2D eigenvalue weighted by Crippen LogP contribution is 2.40. The zero-order valence-corrected chi connectivity index (χ0v) is 19.6. The van der Waals surface area contributed by atoms with Crippen LogP contribution in [0.5, 0.6) is 0 Å². The molecule has 1 aliphatic rings. The lowest BCUT2D eigenvalue weighted by molar-refractivity contribution is -0.393. The molecule has 4 rings (SSSR count). The minimum atomic E-state index is -0.602. The standard InChI is InChI=1S/C24H24ClN5O4/c1-16-7-8-18(13-17(16)2)26-20-14-23(24(30(33)34)15-22(20)29(31)32)28-11-9-27(10-12-28)21-6-4-3-5-19(21)25/h3-8,13-15,26H,9-12H2,1-2H3. The Morgan fingerprint density at radius 3 is 2.00 bits per heavy atom. The number of nitro benzene ring substituents is 2. The van der Waals surface area contributed by atoms with Gasteiger partial charge in [0.1, 0.15) is 11.4 Å². The Balaban J connectivity index is 1.67. The summed E-state index contributed by atoms with van der Waals surface area (Å²) in [5.74, 6) is 0. The van der Waals surface area contributed by atoms with E-state index in [1.807, 2.05) is 61.2 Å². The summed E-state index contributed by atoms with van der Waals surface area (Å²) in [5.41, 5.74) is 3.65. The van der Waals surface area contributed by atoms with Crippen molar-refractivity contribution in [2.75, 3.05) is 41.3 Å². The molecule has 0 radical (unpaired) electrons. The smallest absolute Gasteiger partial charge is 0.299 e. The van der Waals surface area contributed by atoms with Gasteiger partial charge in [-0.1, -0.05) is 29.8 Å². The van der Waals surface area contributed by atoms with Crippen LogP contribution in [0, 0.1) is 34.1 Å². The van der Waals surface area contributed by atoms with Crippen LogP contribution in [-0.2, 0) is 0 Å². The van der Waals surface area contributed by atoms with Gasteiger partial charge in [0.2, 0.25) is 0 Å². The highest BCUT2D eigenvalue weighted by molar-refractivity contribution is 6.33. The van der Waals surface area contributed by atoms with E-state index in [-0.39, 0.29) is 17.1 Å².